The molecule has 0 heterocycles. The highest BCUT2D eigenvalue weighted by Crippen LogP contribution is 2.10. The van der Waals surface area contributed by atoms with E-state index in [1.807, 2.05) is 18.7 Å². The Balaban J connectivity index is 2.42. The molecule has 1 unspecified atom stereocenters. The zero-order valence-electron chi connectivity index (χ0n) is 9.36. The number of hydrogen-bond donors (Lipinski definition) is 2. The molecular weight excluding hydrogens is 206 g/mol. The van der Waals surface area contributed by atoms with Crippen molar-refractivity contribution in [1.82, 2.24) is 5.32 Å². The summed E-state index contributed by atoms with van der Waals surface area (Å²) < 4.78 is 0. The van der Waals surface area contributed by atoms with Crippen LogP contribution in [0.5, 0.6) is 0 Å². The van der Waals surface area contributed by atoms with E-state index in [4.69, 9.17) is 5.11 Å². The first-order valence-electron chi connectivity index (χ1n) is 5.17. The van der Waals surface area contributed by atoms with Crippen LogP contribution in [0.15, 0.2) is 24.3 Å². The van der Waals surface area contributed by atoms with Gasteiger partial charge in [-0.15, -0.1) is 0 Å². The van der Waals surface area contributed by atoms with Gasteiger partial charge >= 0.3 is 0 Å². The third-order valence-electron chi connectivity index (χ3n) is 2.26. The minimum Gasteiger partial charge on any atom is -0.395 e. The van der Waals surface area contributed by atoms with E-state index in [-0.39, 0.29) is 12.6 Å². The van der Waals surface area contributed by atoms with Gasteiger partial charge in [-0.1, -0.05) is 24.3 Å². The Morgan fingerprint density at radius 2 is 1.87 bits per heavy atom. The van der Waals surface area contributed by atoms with Crippen LogP contribution in [0.1, 0.15) is 18.1 Å². The quantitative estimate of drug-likeness (QED) is 0.777. The molecule has 0 aromatic heterocycles. The van der Waals surface area contributed by atoms with Crippen LogP contribution in [0, 0.1) is 0 Å². The van der Waals surface area contributed by atoms with Gasteiger partial charge in [-0.25, -0.2) is 0 Å². The van der Waals surface area contributed by atoms with Crippen LogP contribution >= 0.6 is 11.8 Å². The Morgan fingerprint density at radius 1 is 1.27 bits per heavy atom. The van der Waals surface area contributed by atoms with Crippen LogP contribution in [0.2, 0.25) is 0 Å². The smallest absolute Gasteiger partial charge is 0.0582 e. The monoisotopic (exact) mass is 225 g/mol. The maximum absolute atomic E-state index is 8.86. The summed E-state index contributed by atoms with van der Waals surface area (Å²) in [7, 11) is 0. The van der Waals surface area contributed by atoms with Crippen LogP contribution in [0.3, 0.4) is 0 Å². The summed E-state index contributed by atoms with van der Waals surface area (Å²) in [6.45, 7) is 2.98. The van der Waals surface area contributed by atoms with E-state index in [0.29, 0.717) is 0 Å². The van der Waals surface area contributed by atoms with Gasteiger partial charge in [0.2, 0.25) is 0 Å². The van der Waals surface area contributed by atoms with Crippen molar-refractivity contribution in [1.29, 1.82) is 0 Å². The average Bonchev–Trinajstić information content (AvgIpc) is 2.28. The van der Waals surface area contributed by atoms with E-state index in [0.717, 1.165) is 12.3 Å². The van der Waals surface area contributed by atoms with E-state index in [1.54, 1.807) is 0 Å². The van der Waals surface area contributed by atoms with E-state index in [1.165, 1.54) is 11.1 Å². The molecule has 1 aromatic rings. The van der Waals surface area contributed by atoms with Crippen molar-refractivity contribution in [2.75, 3.05) is 12.9 Å². The van der Waals surface area contributed by atoms with E-state index < -0.39 is 0 Å². The molecule has 15 heavy (non-hydrogen) atoms. The van der Waals surface area contributed by atoms with Crippen molar-refractivity contribution in [2.24, 2.45) is 0 Å². The molecule has 2 nitrogen and oxygen atoms in total. The number of hydrogen-bond acceptors (Lipinski definition) is 3. The molecule has 0 aliphatic carbocycles. The molecule has 0 saturated carbocycles. The third-order valence-corrected chi connectivity index (χ3v) is 2.88. The molecular formula is C12H19NOS. The molecule has 0 amide bonds. The van der Waals surface area contributed by atoms with Gasteiger partial charge in [-0.2, -0.15) is 11.8 Å². The predicted octanol–water partition coefficient (Wildman–Crippen LogP) is 2.02. The molecule has 0 saturated heterocycles. The number of rotatable bonds is 6. The maximum atomic E-state index is 8.86. The standard InChI is InChI=1S/C12H19NOS/c1-10(8-14)13-7-11-3-5-12(6-4-11)9-15-2/h3-6,10,13-14H,7-9H2,1-2H3. The SMILES string of the molecule is CSCc1ccc(CNC(C)CO)cc1. The minimum atomic E-state index is 0.163. The van der Waals surface area contributed by atoms with Crippen molar-refractivity contribution < 1.29 is 5.11 Å². The molecule has 3 heteroatoms. The molecule has 1 rings (SSSR count). The Morgan fingerprint density at radius 3 is 2.40 bits per heavy atom. The fourth-order valence-corrected chi connectivity index (χ4v) is 1.80. The number of nitrogens with one attached hydrogen (secondary N) is 1. The third kappa shape index (κ3) is 4.69. The van der Waals surface area contributed by atoms with Crippen LogP contribution in [-0.4, -0.2) is 24.0 Å². The van der Waals surface area contributed by atoms with Gasteiger partial charge in [0.05, 0.1) is 6.61 Å². The first-order valence-corrected chi connectivity index (χ1v) is 6.56. The highest BCUT2D eigenvalue weighted by atomic mass is 32.2. The molecule has 2 N–H and O–H groups in total. The first-order chi connectivity index (χ1) is 7.26. The van der Waals surface area contributed by atoms with Crippen molar-refractivity contribution in [2.45, 2.75) is 25.3 Å². The molecule has 0 fully saturated rings. The van der Waals surface area contributed by atoms with Gasteiger partial charge in [-0.05, 0) is 24.3 Å². The van der Waals surface area contributed by atoms with Crippen LogP contribution in [0.4, 0.5) is 0 Å². The second kappa shape index (κ2) is 6.88. The van der Waals surface area contributed by atoms with Gasteiger partial charge < -0.3 is 10.4 Å². The average molecular weight is 225 g/mol. The second-order valence-electron chi connectivity index (χ2n) is 3.71. The minimum absolute atomic E-state index is 0.163. The second-order valence-corrected chi connectivity index (χ2v) is 4.58. The molecule has 0 radical (unpaired) electrons. The molecule has 1 aromatic carbocycles. The molecule has 0 aliphatic rings. The van der Waals surface area contributed by atoms with Crippen molar-refractivity contribution in [3.8, 4) is 0 Å². The number of aliphatic hydroxyl groups excluding tert-OH is 1. The molecule has 84 valence electrons. The van der Waals surface area contributed by atoms with E-state index >= 15 is 0 Å². The van der Waals surface area contributed by atoms with Crippen molar-refractivity contribution in [3.05, 3.63) is 35.4 Å². The zero-order chi connectivity index (χ0) is 11.1. The van der Waals surface area contributed by atoms with Gasteiger partial charge in [-0.3, -0.25) is 0 Å². The van der Waals surface area contributed by atoms with Gasteiger partial charge in [0.15, 0.2) is 0 Å². The van der Waals surface area contributed by atoms with Gasteiger partial charge in [0.25, 0.3) is 0 Å². The van der Waals surface area contributed by atoms with Crippen molar-refractivity contribution >= 4 is 11.8 Å². The summed E-state index contributed by atoms with van der Waals surface area (Å²) in [5.74, 6) is 1.07. The van der Waals surface area contributed by atoms with Crippen LogP contribution in [0.25, 0.3) is 0 Å². The first kappa shape index (κ1) is 12.6. The normalized spacial score (nSPS) is 12.7. The summed E-state index contributed by atoms with van der Waals surface area (Å²) in [6.07, 6.45) is 2.11. The highest BCUT2D eigenvalue weighted by Gasteiger charge is 1.99. The topological polar surface area (TPSA) is 32.3 Å². The summed E-state index contributed by atoms with van der Waals surface area (Å²) >= 11 is 1.83. The molecule has 0 spiro atoms. The summed E-state index contributed by atoms with van der Waals surface area (Å²) in [5.41, 5.74) is 2.63. The lowest BCUT2D eigenvalue weighted by atomic mass is 10.1. The lowest BCUT2D eigenvalue weighted by molar-refractivity contribution is 0.251. The van der Waals surface area contributed by atoms with E-state index in [2.05, 4.69) is 35.8 Å². The number of benzene rings is 1. The lowest BCUT2D eigenvalue weighted by Gasteiger charge is -2.10. The van der Waals surface area contributed by atoms with Gasteiger partial charge in [0.1, 0.15) is 0 Å². The Bertz CT molecular complexity index is 273. The lowest BCUT2D eigenvalue weighted by Crippen LogP contribution is -2.28. The fraction of sp³-hybridized carbons (Fsp3) is 0.500. The fourth-order valence-electron chi connectivity index (χ4n) is 1.28. The zero-order valence-corrected chi connectivity index (χ0v) is 10.2. The largest absolute Gasteiger partial charge is 0.395 e. The molecule has 1 atom stereocenters. The summed E-state index contributed by atoms with van der Waals surface area (Å²) in [6, 6.07) is 8.77. The summed E-state index contributed by atoms with van der Waals surface area (Å²) in [4.78, 5) is 0. The van der Waals surface area contributed by atoms with E-state index in [9.17, 15) is 0 Å². The number of aliphatic hydroxyl groups is 1. The van der Waals surface area contributed by atoms with Crippen LogP contribution in [-0.2, 0) is 12.3 Å². The van der Waals surface area contributed by atoms with Crippen molar-refractivity contribution in [3.63, 3.8) is 0 Å². The maximum Gasteiger partial charge on any atom is 0.0582 e. The Labute approximate surface area is 96.1 Å². The molecule has 0 bridgehead atoms. The molecule has 0 aliphatic heterocycles. The number of thioether (sulfide) groups is 1. The summed E-state index contributed by atoms with van der Waals surface area (Å²) in [5, 5.41) is 12.1. The Hall–Kier alpha value is -0.510. The predicted molar refractivity (Wildman–Crippen MR) is 67.0 cm³/mol. The highest BCUT2D eigenvalue weighted by molar-refractivity contribution is 7.97. The Kier molecular flexibility index (Phi) is 5.76. The van der Waals surface area contributed by atoms with Gasteiger partial charge in [0, 0.05) is 18.3 Å². The van der Waals surface area contributed by atoms with Crippen LogP contribution < -0.4 is 5.32 Å².